The Balaban J connectivity index is 2.10. The van der Waals surface area contributed by atoms with E-state index in [1.165, 1.54) is 0 Å². The first kappa shape index (κ1) is 15.1. The molecule has 0 aliphatic rings. The highest BCUT2D eigenvalue weighted by Crippen LogP contribution is 2.42. The van der Waals surface area contributed by atoms with Crippen LogP contribution in [0.3, 0.4) is 0 Å². The molecule has 0 unspecified atom stereocenters. The summed E-state index contributed by atoms with van der Waals surface area (Å²) in [4.78, 5) is 0. The van der Waals surface area contributed by atoms with E-state index in [1.807, 2.05) is 36.4 Å². The number of nitrogens with two attached hydrogens (primary N) is 2. The van der Waals surface area contributed by atoms with Crippen LogP contribution < -0.4 is 20.9 Å². The van der Waals surface area contributed by atoms with E-state index in [-0.39, 0.29) is 0 Å². The summed E-state index contributed by atoms with van der Waals surface area (Å²) in [6, 6.07) is 11.1. The van der Waals surface area contributed by atoms with Crippen molar-refractivity contribution in [1.29, 1.82) is 0 Å². The van der Waals surface area contributed by atoms with Gasteiger partial charge in [0.1, 0.15) is 24.7 Å². The summed E-state index contributed by atoms with van der Waals surface area (Å²) >= 11 is 0. The molecule has 0 saturated heterocycles. The normalized spacial score (nSPS) is 11.2. The molecular formula is C16H18N2O3S. The fraction of sp³-hybridized carbons (Fsp3) is 0.250. The summed E-state index contributed by atoms with van der Waals surface area (Å²) in [5.41, 5.74) is 10.9. The molecule has 0 amide bonds. The molecule has 0 aliphatic heterocycles. The van der Waals surface area contributed by atoms with Gasteiger partial charge in [-0.05, 0) is 35.0 Å². The molecule has 6 heteroatoms. The highest BCUT2D eigenvalue weighted by atomic mass is 32.2. The van der Waals surface area contributed by atoms with Crippen LogP contribution in [0.25, 0.3) is 20.2 Å². The minimum absolute atomic E-state index is 0.453. The number of benzene rings is 2. The lowest BCUT2D eigenvalue weighted by Crippen LogP contribution is -2.10. The fourth-order valence-corrected chi connectivity index (χ4v) is 3.77. The molecule has 0 spiro atoms. The smallest absolute Gasteiger partial charge is 0.181 e. The van der Waals surface area contributed by atoms with Crippen LogP contribution in [0.2, 0.25) is 0 Å². The second-order valence-electron chi connectivity index (χ2n) is 4.86. The van der Waals surface area contributed by atoms with E-state index >= 15 is 0 Å². The lowest BCUT2D eigenvalue weighted by atomic mass is 10.1. The minimum atomic E-state index is -1.16. The topological polar surface area (TPSA) is 93.6 Å². The molecule has 3 rings (SSSR count). The molecule has 0 saturated carbocycles. The van der Waals surface area contributed by atoms with E-state index in [1.54, 1.807) is 0 Å². The van der Waals surface area contributed by atoms with Gasteiger partial charge in [0.25, 0.3) is 0 Å². The first-order valence-corrected chi connectivity index (χ1v) is 8.25. The van der Waals surface area contributed by atoms with Crippen LogP contribution in [-0.4, -0.2) is 30.9 Å². The van der Waals surface area contributed by atoms with Crippen molar-refractivity contribution in [3.05, 3.63) is 36.4 Å². The van der Waals surface area contributed by atoms with Crippen molar-refractivity contribution in [3.63, 3.8) is 0 Å². The summed E-state index contributed by atoms with van der Waals surface area (Å²) in [6.45, 7) is 1.82. The lowest BCUT2D eigenvalue weighted by Gasteiger charge is -2.04. The van der Waals surface area contributed by atoms with Crippen molar-refractivity contribution in [1.82, 2.24) is 0 Å². The van der Waals surface area contributed by atoms with E-state index in [2.05, 4.69) is 0 Å². The zero-order chi connectivity index (χ0) is 15.5. The predicted octanol–water partition coefficient (Wildman–Crippen LogP) is 2.40. The molecule has 5 nitrogen and oxygen atoms in total. The monoisotopic (exact) mass is 318 g/mol. The summed E-state index contributed by atoms with van der Waals surface area (Å²) < 4.78 is 25.2. The van der Waals surface area contributed by atoms with Crippen molar-refractivity contribution in [3.8, 4) is 11.5 Å². The third-order valence-corrected chi connectivity index (χ3v) is 4.88. The molecule has 116 valence electrons. The largest absolute Gasteiger partial charge is 0.590 e. The van der Waals surface area contributed by atoms with Crippen molar-refractivity contribution >= 4 is 30.9 Å². The van der Waals surface area contributed by atoms with Crippen LogP contribution in [0.4, 0.5) is 0 Å². The summed E-state index contributed by atoms with van der Waals surface area (Å²) in [6.07, 6.45) is 0. The predicted molar refractivity (Wildman–Crippen MR) is 89.2 cm³/mol. The Kier molecular flexibility index (Phi) is 4.44. The van der Waals surface area contributed by atoms with Crippen LogP contribution >= 0.6 is 10.8 Å². The molecule has 1 aromatic heterocycles. The molecule has 0 bridgehead atoms. The van der Waals surface area contributed by atoms with Gasteiger partial charge in [-0.15, -0.1) is 0 Å². The van der Waals surface area contributed by atoms with Crippen LogP contribution in [0.15, 0.2) is 36.4 Å². The Morgan fingerprint density at radius 2 is 1.27 bits per heavy atom. The molecule has 2 aromatic carbocycles. The van der Waals surface area contributed by atoms with Crippen LogP contribution in [0, 0.1) is 0 Å². The Morgan fingerprint density at radius 3 is 1.68 bits per heavy atom. The Morgan fingerprint density at radius 1 is 0.818 bits per heavy atom. The van der Waals surface area contributed by atoms with E-state index in [0.29, 0.717) is 26.3 Å². The molecule has 0 atom stereocenters. The second-order valence-corrected chi connectivity index (χ2v) is 6.28. The molecule has 0 fully saturated rings. The molecule has 4 N–H and O–H groups in total. The van der Waals surface area contributed by atoms with E-state index in [9.17, 15) is 4.55 Å². The van der Waals surface area contributed by atoms with Crippen molar-refractivity contribution in [2.45, 2.75) is 0 Å². The quantitative estimate of drug-likeness (QED) is 0.681. The third-order valence-electron chi connectivity index (χ3n) is 3.36. The van der Waals surface area contributed by atoms with Gasteiger partial charge in [-0.25, -0.2) is 0 Å². The standard InChI is InChI=1S/C16H18N2O3S/c17-5-7-20-11-1-3-15-13(9-11)14-10-12(21-8-6-18)2-4-16(14)22(15)19/h1-4,9-10H,5-8,17-18H2. The maximum atomic E-state index is 12.5. The zero-order valence-electron chi connectivity index (χ0n) is 12.1. The number of hydrogen-bond acceptors (Lipinski definition) is 5. The van der Waals surface area contributed by atoms with Gasteiger partial charge < -0.3 is 25.5 Å². The van der Waals surface area contributed by atoms with Gasteiger partial charge in [0, 0.05) is 25.2 Å². The highest BCUT2D eigenvalue weighted by Gasteiger charge is 2.17. The van der Waals surface area contributed by atoms with E-state index in [0.717, 1.165) is 31.7 Å². The zero-order valence-corrected chi connectivity index (χ0v) is 12.9. The average Bonchev–Trinajstić information content (AvgIpc) is 2.83. The van der Waals surface area contributed by atoms with Crippen molar-refractivity contribution in [2.24, 2.45) is 11.5 Å². The van der Waals surface area contributed by atoms with Gasteiger partial charge in [-0.2, -0.15) is 0 Å². The fourth-order valence-electron chi connectivity index (χ4n) is 2.41. The number of ether oxygens (including phenoxy) is 2. The second kappa shape index (κ2) is 6.50. The van der Waals surface area contributed by atoms with Crippen molar-refractivity contribution < 1.29 is 14.0 Å². The molecular weight excluding hydrogens is 300 g/mol. The minimum Gasteiger partial charge on any atom is -0.590 e. The first-order valence-electron chi connectivity index (χ1n) is 7.10. The average molecular weight is 318 g/mol. The summed E-state index contributed by atoms with van der Waals surface area (Å²) in [5.74, 6) is 1.45. The maximum absolute atomic E-state index is 12.5. The lowest BCUT2D eigenvalue weighted by molar-refractivity contribution is 0.328. The van der Waals surface area contributed by atoms with Gasteiger partial charge in [-0.3, -0.25) is 0 Å². The van der Waals surface area contributed by atoms with Gasteiger partial charge in [0.15, 0.2) is 9.40 Å². The van der Waals surface area contributed by atoms with E-state index < -0.39 is 10.8 Å². The number of fused-ring (bicyclic) bond motifs is 3. The number of thiophene rings is 1. The number of hydrogen-bond donors (Lipinski definition) is 2. The molecule has 3 aromatic rings. The Hall–Kier alpha value is -1.86. The van der Waals surface area contributed by atoms with Crippen LogP contribution in [0.5, 0.6) is 11.5 Å². The SMILES string of the molecule is NCCOc1ccc2c(c1)c1cc(OCCN)ccc1[s+]2[O-]. The first-order chi connectivity index (χ1) is 10.7. The molecule has 0 radical (unpaired) electrons. The Labute approximate surface area is 131 Å². The van der Waals surface area contributed by atoms with Gasteiger partial charge in [0.05, 0.1) is 10.8 Å². The summed E-state index contributed by atoms with van der Waals surface area (Å²) in [5, 5.41) is 1.84. The summed E-state index contributed by atoms with van der Waals surface area (Å²) in [7, 11) is -1.16. The van der Waals surface area contributed by atoms with E-state index in [4.69, 9.17) is 20.9 Å². The van der Waals surface area contributed by atoms with Gasteiger partial charge in [0.2, 0.25) is 0 Å². The van der Waals surface area contributed by atoms with Gasteiger partial charge in [-0.1, -0.05) is 0 Å². The highest BCUT2D eigenvalue weighted by molar-refractivity contribution is 7.37. The Bertz CT molecular complexity index is 736. The molecule has 22 heavy (non-hydrogen) atoms. The molecule has 1 heterocycles. The van der Waals surface area contributed by atoms with Crippen molar-refractivity contribution in [2.75, 3.05) is 26.3 Å². The third kappa shape index (κ3) is 2.74. The maximum Gasteiger partial charge on any atom is 0.181 e. The number of rotatable bonds is 6. The molecule has 0 aliphatic carbocycles. The van der Waals surface area contributed by atoms with Gasteiger partial charge >= 0.3 is 0 Å². The van der Waals surface area contributed by atoms with Crippen LogP contribution in [-0.2, 0) is 0 Å². The van der Waals surface area contributed by atoms with Crippen LogP contribution in [0.1, 0.15) is 0 Å².